The Kier molecular flexibility index (Phi) is 11.9. The van der Waals surface area contributed by atoms with Crippen LogP contribution in [0.25, 0.3) is 0 Å². The van der Waals surface area contributed by atoms with Crippen LogP contribution >= 0.6 is 11.6 Å². The van der Waals surface area contributed by atoms with Crippen molar-refractivity contribution >= 4 is 66.3 Å². The normalized spacial score (nSPS) is 12.4. The average molecular weight is 738 g/mol. The van der Waals surface area contributed by atoms with E-state index in [1.54, 1.807) is 0 Å². The van der Waals surface area contributed by atoms with Gasteiger partial charge in [-0.25, -0.2) is 16.8 Å². The maximum absolute atomic E-state index is 14.1. The van der Waals surface area contributed by atoms with Crippen molar-refractivity contribution < 1.29 is 103 Å². The Morgan fingerprint density at radius 2 is 1.46 bits per heavy atom. The van der Waals surface area contributed by atoms with Gasteiger partial charge in [-0.1, -0.05) is 35.9 Å². The number of benzene rings is 3. The Morgan fingerprint density at radius 3 is 2.00 bits per heavy atom. The number of fused-ring (bicyclic) bond motifs is 2. The van der Waals surface area contributed by atoms with Gasteiger partial charge >= 0.3 is 65.2 Å². The molecule has 1 heterocycles. The van der Waals surface area contributed by atoms with Crippen molar-refractivity contribution in [3.8, 4) is 0 Å². The molecular weight excluding hydrogens is 718 g/mol. The summed E-state index contributed by atoms with van der Waals surface area (Å²) in [6.45, 7) is 2.24. The zero-order chi connectivity index (χ0) is 34.0. The van der Waals surface area contributed by atoms with Gasteiger partial charge in [0.2, 0.25) is 5.95 Å². The zero-order valence-corrected chi connectivity index (χ0v) is 32.2. The smallest absolute Gasteiger partial charge is 0.744 e. The summed E-state index contributed by atoms with van der Waals surface area (Å²) in [6.07, 6.45) is -1.47. The summed E-state index contributed by atoms with van der Waals surface area (Å²) in [5.41, 5.74) is 3.92. The number of aryl methyl sites for hydroxylation is 1. The minimum atomic E-state index is -5.30. The molecule has 0 spiro atoms. The molecule has 5 rings (SSSR count). The predicted octanol–water partition coefficient (Wildman–Crippen LogP) is -2.42. The van der Waals surface area contributed by atoms with Crippen LogP contribution in [-0.2, 0) is 26.8 Å². The number of aromatic nitrogens is 2. The molecule has 3 aromatic carbocycles. The standard InChI is InChI=1S/C28H22ClF2N5O8S2.2Na/c1-11-8-17(45(39,40)41)15(10-36(3)27-21(29)26(30)34-28(31)35-27)12(2)23(11)33-16-9-18(46(42,43)44)22(32)20-19(16)24(37)13-6-4-5-7-14(13)25(20)38;;/h4-9,33H,10,32H2,1-3H3,(H,39,40,41)(H,42,43,44);;/q;2*+1/p-2. The molecule has 0 unspecified atom stereocenters. The van der Waals surface area contributed by atoms with Crippen LogP contribution in [0.15, 0.2) is 46.2 Å². The second-order valence-corrected chi connectivity index (χ2v) is 13.3. The minimum absolute atomic E-state index is 0. The Bertz CT molecular complexity index is 2260. The van der Waals surface area contributed by atoms with Gasteiger partial charge in [-0.15, -0.1) is 0 Å². The SMILES string of the molecule is Cc1cc(S(=O)(=O)[O-])c(CN(C)c2nc(F)nc(F)c2Cl)c(C)c1Nc1cc(S(=O)(=O)[O-])c(N)c2c1C(=O)c1ccccc1C2=O.[Na+].[Na+]. The van der Waals surface area contributed by atoms with Gasteiger partial charge in [-0.05, 0) is 42.7 Å². The number of anilines is 4. The summed E-state index contributed by atoms with van der Waals surface area (Å²) in [5.74, 6) is -3.42. The van der Waals surface area contributed by atoms with Crippen LogP contribution in [0.2, 0.25) is 5.02 Å². The first-order valence-corrected chi connectivity index (χ1v) is 16.1. The van der Waals surface area contributed by atoms with Crippen molar-refractivity contribution in [2.75, 3.05) is 23.0 Å². The van der Waals surface area contributed by atoms with Gasteiger partial charge in [0.05, 0.1) is 32.3 Å². The summed E-state index contributed by atoms with van der Waals surface area (Å²) >= 11 is 5.91. The Morgan fingerprint density at radius 1 is 0.917 bits per heavy atom. The van der Waals surface area contributed by atoms with E-state index in [1.165, 1.54) is 45.2 Å². The van der Waals surface area contributed by atoms with E-state index in [1.807, 2.05) is 0 Å². The van der Waals surface area contributed by atoms with E-state index in [9.17, 15) is 44.3 Å². The summed E-state index contributed by atoms with van der Waals surface area (Å²) < 4.78 is 102. The van der Waals surface area contributed by atoms with E-state index in [0.29, 0.717) is 0 Å². The number of carbonyl (C=O) groups is 2. The van der Waals surface area contributed by atoms with E-state index in [-0.39, 0.29) is 104 Å². The number of halogens is 3. The van der Waals surface area contributed by atoms with Crippen molar-refractivity contribution in [2.45, 2.75) is 30.2 Å². The summed E-state index contributed by atoms with van der Waals surface area (Å²) in [7, 11) is -9.22. The van der Waals surface area contributed by atoms with Crippen molar-refractivity contribution in [3.63, 3.8) is 0 Å². The van der Waals surface area contributed by atoms with Crippen molar-refractivity contribution in [1.82, 2.24) is 9.97 Å². The number of hydrogen-bond donors (Lipinski definition) is 2. The monoisotopic (exact) mass is 737 g/mol. The fourth-order valence-electron chi connectivity index (χ4n) is 5.28. The molecule has 0 atom stereocenters. The third-order valence-corrected chi connectivity index (χ3v) is 9.49. The molecule has 0 aliphatic heterocycles. The summed E-state index contributed by atoms with van der Waals surface area (Å²) in [5, 5.41) is 2.14. The van der Waals surface area contributed by atoms with Crippen LogP contribution in [0.5, 0.6) is 0 Å². The Labute approximate surface area is 322 Å². The van der Waals surface area contributed by atoms with Crippen molar-refractivity contribution in [3.05, 3.63) is 92.4 Å². The number of hydrogen-bond acceptors (Lipinski definition) is 13. The third kappa shape index (κ3) is 7.18. The first kappa shape index (κ1) is 39.9. The molecule has 4 aromatic rings. The molecule has 0 amide bonds. The maximum atomic E-state index is 14.1. The number of nitrogens with zero attached hydrogens (tertiary/aromatic N) is 3. The number of nitrogens with one attached hydrogen (secondary N) is 1. The van der Waals surface area contributed by atoms with Gasteiger partial charge in [0, 0.05) is 30.4 Å². The number of nitrogens with two attached hydrogens (primary N) is 1. The minimum Gasteiger partial charge on any atom is -0.744 e. The second kappa shape index (κ2) is 14.4. The van der Waals surface area contributed by atoms with Crippen LogP contribution in [-0.4, -0.2) is 54.5 Å². The molecular formula is C28H20ClF2N5Na2O8S2. The number of nitrogen functional groups attached to an aromatic ring is 1. The van der Waals surface area contributed by atoms with E-state index in [4.69, 9.17) is 17.3 Å². The molecule has 1 aromatic heterocycles. The molecule has 240 valence electrons. The number of carbonyl (C=O) groups excluding carboxylic acids is 2. The van der Waals surface area contributed by atoms with Crippen LogP contribution in [0.4, 0.5) is 31.7 Å². The molecule has 0 bridgehead atoms. The first-order chi connectivity index (χ1) is 21.3. The molecule has 3 N–H and O–H groups in total. The zero-order valence-electron chi connectivity index (χ0n) is 25.8. The molecule has 0 radical (unpaired) electrons. The molecule has 13 nitrogen and oxygen atoms in total. The molecule has 48 heavy (non-hydrogen) atoms. The second-order valence-electron chi connectivity index (χ2n) is 10.3. The van der Waals surface area contributed by atoms with Crippen molar-refractivity contribution in [2.24, 2.45) is 0 Å². The molecule has 0 fully saturated rings. The summed E-state index contributed by atoms with van der Waals surface area (Å²) in [6, 6.07) is 7.46. The van der Waals surface area contributed by atoms with Gasteiger partial charge in [0.15, 0.2) is 17.4 Å². The first-order valence-electron chi connectivity index (χ1n) is 12.9. The summed E-state index contributed by atoms with van der Waals surface area (Å²) in [4.78, 5) is 32.9. The molecule has 0 saturated heterocycles. The predicted molar refractivity (Wildman–Crippen MR) is 158 cm³/mol. The number of rotatable bonds is 7. The van der Waals surface area contributed by atoms with E-state index in [0.717, 1.165) is 17.0 Å². The van der Waals surface area contributed by atoms with Gasteiger partial charge < -0.3 is 25.1 Å². The fraction of sp³-hybridized carbons (Fsp3) is 0.143. The molecule has 1 aliphatic carbocycles. The topological polar surface area (TPSA) is 216 Å². The van der Waals surface area contributed by atoms with E-state index >= 15 is 0 Å². The quantitative estimate of drug-likeness (QED) is 0.0586. The van der Waals surface area contributed by atoms with Crippen LogP contribution in [0.1, 0.15) is 48.5 Å². The van der Waals surface area contributed by atoms with Gasteiger partial charge in [0.1, 0.15) is 25.3 Å². The molecule has 1 aliphatic rings. The molecule has 0 saturated carbocycles. The Hall–Kier alpha value is -2.55. The Balaban J connectivity index is 0.00000312. The maximum Gasteiger partial charge on any atom is 1.00 e. The largest absolute Gasteiger partial charge is 1.00 e. The van der Waals surface area contributed by atoms with E-state index in [2.05, 4.69) is 15.3 Å². The fourth-order valence-corrected chi connectivity index (χ4v) is 6.98. The van der Waals surface area contributed by atoms with Gasteiger partial charge in [0.25, 0.3) is 0 Å². The van der Waals surface area contributed by atoms with Crippen LogP contribution in [0.3, 0.4) is 0 Å². The van der Waals surface area contributed by atoms with Gasteiger partial charge in [-0.2, -0.15) is 18.7 Å². The van der Waals surface area contributed by atoms with E-state index < -0.39 is 82.3 Å². The van der Waals surface area contributed by atoms with Crippen LogP contribution < -0.4 is 75.1 Å². The average Bonchev–Trinajstić information content (AvgIpc) is 2.96. The molecule has 20 heteroatoms. The van der Waals surface area contributed by atoms with Crippen LogP contribution in [0, 0.1) is 25.9 Å². The van der Waals surface area contributed by atoms with Gasteiger partial charge in [-0.3, -0.25) is 9.59 Å². The third-order valence-electron chi connectivity index (χ3n) is 7.39. The van der Waals surface area contributed by atoms with Crippen molar-refractivity contribution in [1.29, 1.82) is 0 Å². The number of ketones is 2.